The van der Waals surface area contributed by atoms with Crippen LogP contribution in [0.1, 0.15) is 36.9 Å². The van der Waals surface area contributed by atoms with Crippen molar-refractivity contribution in [3.05, 3.63) is 52.9 Å². The number of phenols is 2. The average molecular weight is 451 g/mol. The molecular formula is C18H13NO13. The molecule has 32 heavy (non-hydrogen) atoms. The van der Waals surface area contributed by atoms with Crippen molar-refractivity contribution in [3.8, 4) is 11.5 Å². The molecule has 0 aliphatic rings. The second kappa shape index (κ2) is 9.21. The molecule has 0 aliphatic carbocycles. The minimum atomic E-state index is -2.58. The lowest BCUT2D eigenvalue weighted by atomic mass is 10.2. The lowest BCUT2D eigenvalue weighted by Crippen LogP contribution is -2.39. The van der Waals surface area contributed by atoms with Crippen molar-refractivity contribution in [2.45, 2.75) is 6.29 Å². The highest BCUT2D eigenvalue weighted by molar-refractivity contribution is 6.03. The van der Waals surface area contributed by atoms with E-state index in [4.69, 9.17) is 15.1 Å². The Morgan fingerprint density at radius 1 is 0.875 bits per heavy atom. The van der Waals surface area contributed by atoms with Crippen LogP contribution in [0.4, 0.5) is 0 Å². The smallest absolute Gasteiger partial charge is 0.389 e. The number of carboxylic acid groups (broad SMARTS) is 4. The molecule has 0 saturated heterocycles. The number of aromatic carboxylic acids is 3. The topological polar surface area (TPSA) is 230 Å². The van der Waals surface area contributed by atoms with E-state index in [9.17, 15) is 44.4 Å². The molecule has 2 rings (SSSR count). The molecule has 0 spiro atoms. The number of benzene rings is 1. The van der Waals surface area contributed by atoms with Gasteiger partial charge in [0.1, 0.15) is 0 Å². The summed E-state index contributed by atoms with van der Waals surface area (Å²) < 4.78 is 4.42. The van der Waals surface area contributed by atoms with Crippen molar-refractivity contribution in [1.29, 1.82) is 0 Å². The van der Waals surface area contributed by atoms with Crippen LogP contribution in [0, 0.1) is 0 Å². The van der Waals surface area contributed by atoms with Gasteiger partial charge in [0.15, 0.2) is 22.9 Å². The maximum atomic E-state index is 11.9. The van der Waals surface area contributed by atoms with Crippen LogP contribution in [-0.4, -0.2) is 71.5 Å². The third-order valence-corrected chi connectivity index (χ3v) is 3.65. The molecular weight excluding hydrogens is 438 g/mol. The number of hydrogen-bond acceptors (Lipinski definition) is 9. The van der Waals surface area contributed by atoms with Crippen LogP contribution in [0.3, 0.4) is 0 Å². The molecule has 0 bridgehead atoms. The fraction of sp³-hybridized carbons (Fsp3) is 0.0556. The molecule has 14 nitrogen and oxygen atoms in total. The molecule has 1 aromatic heterocycles. The first kappa shape index (κ1) is 23.3. The number of carbonyl (C=O) groups excluding carboxylic acids is 1. The predicted molar refractivity (Wildman–Crippen MR) is 98.2 cm³/mol. The van der Waals surface area contributed by atoms with E-state index in [1.807, 2.05) is 0 Å². The van der Waals surface area contributed by atoms with Crippen LogP contribution in [0.25, 0.3) is 6.08 Å². The van der Waals surface area contributed by atoms with E-state index >= 15 is 0 Å². The number of ether oxygens (including phenoxy) is 1. The molecule has 6 N–H and O–H groups in total. The summed E-state index contributed by atoms with van der Waals surface area (Å²) >= 11 is 0. The zero-order valence-corrected chi connectivity index (χ0v) is 15.5. The number of aromatic hydroxyl groups is 2. The molecule has 0 amide bonds. The fourth-order valence-electron chi connectivity index (χ4n) is 2.28. The van der Waals surface area contributed by atoms with Crippen molar-refractivity contribution in [1.82, 2.24) is 4.73 Å². The molecule has 0 radical (unpaired) electrons. The van der Waals surface area contributed by atoms with Gasteiger partial charge < -0.3 is 40.2 Å². The van der Waals surface area contributed by atoms with Gasteiger partial charge in [-0.3, -0.25) is 0 Å². The van der Waals surface area contributed by atoms with Crippen LogP contribution in [0.5, 0.6) is 11.5 Å². The third-order valence-electron chi connectivity index (χ3n) is 3.65. The summed E-state index contributed by atoms with van der Waals surface area (Å²) in [5, 5.41) is 55.3. The summed E-state index contributed by atoms with van der Waals surface area (Å²) in [4.78, 5) is 61.9. The van der Waals surface area contributed by atoms with E-state index in [-0.39, 0.29) is 10.3 Å². The molecule has 2 aromatic rings. The Bertz CT molecular complexity index is 1140. The summed E-state index contributed by atoms with van der Waals surface area (Å²) in [5.41, 5.74) is -3.11. The molecule has 1 atom stereocenters. The number of hydrogen-bond donors (Lipinski definition) is 6. The van der Waals surface area contributed by atoms with E-state index in [1.54, 1.807) is 0 Å². The molecule has 0 saturated carbocycles. The van der Waals surface area contributed by atoms with Gasteiger partial charge in [-0.05, 0) is 29.8 Å². The predicted octanol–water partition coefficient (Wildman–Crippen LogP) is 0.0898. The SMILES string of the molecule is O=C(/C=C/c1ccc(O)c(O)c1)O[C@H](On1c(C(=O)O)cc(C(=O)O)c1C(=O)O)C(=O)O. The minimum absolute atomic E-state index is 0.0953. The van der Waals surface area contributed by atoms with Gasteiger partial charge in [0.05, 0.1) is 5.56 Å². The highest BCUT2D eigenvalue weighted by Crippen LogP contribution is 2.25. The normalized spacial score (nSPS) is 11.6. The highest BCUT2D eigenvalue weighted by atomic mass is 16.8. The highest BCUT2D eigenvalue weighted by Gasteiger charge is 2.33. The largest absolute Gasteiger partial charge is 0.504 e. The Morgan fingerprint density at radius 2 is 1.53 bits per heavy atom. The summed E-state index contributed by atoms with van der Waals surface area (Å²) in [6, 6.07) is 3.88. The van der Waals surface area contributed by atoms with Crippen LogP contribution in [0.15, 0.2) is 30.3 Å². The van der Waals surface area contributed by atoms with E-state index < -0.39 is 64.6 Å². The van der Waals surface area contributed by atoms with Crippen molar-refractivity contribution >= 4 is 35.9 Å². The van der Waals surface area contributed by atoms with Crippen molar-refractivity contribution in [3.63, 3.8) is 0 Å². The first-order valence-electron chi connectivity index (χ1n) is 8.18. The van der Waals surface area contributed by atoms with Crippen LogP contribution >= 0.6 is 0 Å². The van der Waals surface area contributed by atoms with Gasteiger partial charge in [0, 0.05) is 6.08 Å². The van der Waals surface area contributed by atoms with E-state index in [0.717, 1.165) is 18.2 Å². The van der Waals surface area contributed by atoms with E-state index in [2.05, 4.69) is 4.74 Å². The zero-order valence-electron chi connectivity index (χ0n) is 15.5. The number of carbonyl (C=O) groups is 5. The monoisotopic (exact) mass is 451 g/mol. The van der Waals surface area contributed by atoms with Crippen molar-refractivity contribution < 1.29 is 64.2 Å². The molecule has 168 valence electrons. The van der Waals surface area contributed by atoms with Gasteiger partial charge in [-0.15, -0.1) is 0 Å². The maximum Gasteiger partial charge on any atom is 0.389 e. The lowest BCUT2D eigenvalue weighted by molar-refractivity contribution is -0.194. The number of esters is 1. The van der Waals surface area contributed by atoms with Crippen LogP contribution < -0.4 is 4.84 Å². The molecule has 0 aliphatic heterocycles. The third kappa shape index (κ3) is 5.12. The van der Waals surface area contributed by atoms with E-state index in [1.165, 1.54) is 6.07 Å². The second-order valence-corrected chi connectivity index (χ2v) is 5.80. The summed E-state index contributed by atoms with van der Waals surface area (Å²) in [5.74, 6) is -9.91. The molecule has 0 fully saturated rings. The van der Waals surface area contributed by atoms with Gasteiger partial charge in [-0.25, -0.2) is 24.0 Å². The van der Waals surface area contributed by atoms with Crippen molar-refractivity contribution in [2.75, 3.05) is 0 Å². The van der Waals surface area contributed by atoms with Gasteiger partial charge >= 0.3 is 36.1 Å². The quantitative estimate of drug-likeness (QED) is 0.129. The lowest BCUT2D eigenvalue weighted by Gasteiger charge is -2.17. The Kier molecular flexibility index (Phi) is 6.69. The zero-order chi connectivity index (χ0) is 24.2. The Balaban J connectivity index is 2.33. The first-order chi connectivity index (χ1) is 14.9. The van der Waals surface area contributed by atoms with Crippen molar-refractivity contribution in [2.24, 2.45) is 0 Å². The number of carboxylic acids is 4. The second-order valence-electron chi connectivity index (χ2n) is 5.80. The number of nitrogens with zero attached hydrogens (tertiary/aromatic N) is 1. The van der Waals surface area contributed by atoms with Gasteiger partial charge in [0.25, 0.3) is 0 Å². The molecule has 1 aromatic carbocycles. The average Bonchev–Trinajstić information content (AvgIpc) is 3.08. The Labute approximate surface area is 176 Å². The molecule has 0 unspecified atom stereocenters. The first-order valence-corrected chi connectivity index (χ1v) is 8.18. The van der Waals surface area contributed by atoms with Gasteiger partial charge in [0.2, 0.25) is 0 Å². The Morgan fingerprint density at radius 3 is 2.03 bits per heavy atom. The van der Waals surface area contributed by atoms with Crippen LogP contribution in [-0.2, 0) is 14.3 Å². The summed E-state index contributed by atoms with van der Waals surface area (Å²) in [7, 11) is 0. The van der Waals surface area contributed by atoms with Gasteiger partial charge in [-0.2, -0.15) is 4.73 Å². The number of rotatable bonds is 9. The number of aliphatic carboxylic acids is 1. The minimum Gasteiger partial charge on any atom is -0.504 e. The Hall–Kier alpha value is -5.01. The van der Waals surface area contributed by atoms with Gasteiger partial charge in [-0.1, -0.05) is 6.07 Å². The summed E-state index contributed by atoms with van der Waals surface area (Å²) in [6.45, 7) is 0. The standard InChI is InChI=1S/C18H13NO13/c20-10-3-1-7(5-11(10)21)2-4-12(22)31-18(17(29)30)32-19-9(15(25)26)6-8(14(23)24)13(19)16(27)28/h1-6,18,20-21H,(H,23,24)(H,25,26)(H,27,28)(H,29,30)/b4-2+/t18-/m1/s1. The maximum absolute atomic E-state index is 11.9. The molecule has 14 heteroatoms. The number of phenolic OH excluding ortho intramolecular Hbond substituents is 2. The number of aromatic nitrogens is 1. The fourth-order valence-corrected chi connectivity index (χ4v) is 2.28. The summed E-state index contributed by atoms with van der Waals surface area (Å²) in [6.07, 6.45) is -0.825. The van der Waals surface area contributed by atoms with Crippen LogP contribution in [0.2, 0.25) is 0 Å². The molecule has 1 heterocycles. The van der Waals surface area contributed by atoms with E-state index in [0.29, 0.717) is 12.1 Å².